The number of methoxy groups -OCH3 is 1. The van der Waals surface area contributed by atoms with Crippen LogP contribution in [0.1, 0.15) is 69.4 Å². The molecule has 4 rings (SSSR count). The molecule has 0 spiro atoms. The molecule has 0 radical (unpaired) electrons. The van der Waals surface area contributed by atoms with Crippen molar-refractivity contribution >= 4 is 23.3 Å². The highest BCUT2D eigenvalue weighted by atomic mass is 16.6. The van der Waals surface area contributed by atoms with E-state index in [1.54, 1.807) is 38.1 Å². The number of benzene rings is 2. The molecular weight excluding hydrogens is 538 g/mol. The monoisotopic (exact) mass is 575 g/mol. The topological polar surface area (TPSA) is 144 Å². The van der Waals surface area contributed by atoms with E-state index in [-0.39, 0.29) is 23.8 Å². The van der Waals surface area contributed by atoms with Crippen molar-refractivity contribution in [2.45, 2.75) is 58.3 Å². The summed E-state index contributed by atoms with van der Waals surface area (Å²) in [7, 11) is 1.50. The number of ether oxygens (including phenoxy) is 2. The number of dihydropyridines is 1. The molecule has 2 aromatic carbocycles. The second kappa shape index (κ2) is 14.3. The first-order valence-electron chi connectivity index (χ1n) is 14.1. The Balaban J connectivity index is 1.24. The molecule has 0 aliphatic carbocycles. The third-order valence-electron chi connectivity index (χ3n) is 7.35. The molecule has 2 heterocycles. The van der Waals surface area contributed by atoms with Gasteiger partial charge in [-0.05, 0) is 56.9 Å². The Morgan fingerprint density at radius 1 is 1.05 bits per heavy atom. The minimum atomic E-state index is -0.915. The van der Waals surface area contributed by atoms with Crippen LogP contribution >= 0.6 is 0 Å². The lowest BCUT2D eigenvalue weighted by atomic mass is 9.83. The molecule has 2 aliphatic rings. The smallest absolute Gasteiger partial charge is 0.336 e. The van der Waals surface area contributed by atoms with Crippen molar-refractivity contribution in [2.75, 3.05) is 25.6 Å². The van der Waals surface area contributed by atoms with Crippen molar-refractivity contribution in [2.24, 2.45) is 5.10 Å². The lowest BCUT2D eigenvalue weighted by Gasteiger charge is -2.27. The minimum Gasteiger partial charge on any atom is -0.496 e. The van der Waals surface area contributed by atoms with Crippen LogP contribution in [0.15, 0.2) is 76.3 Å². The van der Waals surface area contributed by atoms with Crippen LogP contribution in [0.2, 0.25) is 0 Å². The van der Waals surface area contributed by atoms with Gasteiger partial charge in [0.15, 0.2) is 0 Å². The van der Waals surface area contributed by atoms with Crippen LogP contribution in [0.5, 0.6) is 5.75 Å². The standard InChI is InChI=1S/C31H37N5O6/c1-20-28(29(30(36(39)40)21(2)33-20)24-10-6-7-11-26(24)41-3)31(38)42-19-9-5-4-8-18-32-23-14-12-22(13-15-23)25-16-17-27(37)35-34-25/h6-7,10-15,29,32-33H,4-5,8-9,16-19H2,1-3H3,(H,35,37). The van der Waals surface area contributed by atoms with E-state index in [0.29, 0.717) is 42.0 Å². The molecule has 0 saturated carbocycles. The molecule has 222 valence electrons. The van der Waals surface area contributed by atoms with E-state index in [9.17, 15) is 19.7 Å². The largest absolute Gasteiger partial charge is 0.496 e. The number of nitrogens with one attached hydrogen (secondary N) is 3. The quantitative estimate of drug-likeness (QED) is 0.131. The summed E-state index contributed by atoms with van der Waals surface area (Å²) >= 11 is 0. The number of carbonyl (C=O) groups excluding carboxylic acids is 2. The zero-order chi connectivity index (χ0) is 30.1. The number of nitrogens with zero attached hydrogens (tertiary/aromatic N) is 2. The summed E-state index contributed by atoms with van der Waals surface area (Å²) in [5, 5.41) is 22.6. The Kier molecular flexibility index (Phi) is 10.3. The molecule has 11 heteroatoms. The van der Waals surface area contributed by atoms with Gasteiger partial charge < -0.3 is 20.1 Å². The molecule has 1 unspecified atom stereocenters. The van der Waals surface area contributed by atoms with Crippen molar-refractivity contribution < 1.29 is 24.0 Å². The molecule has 2 aromatic rings. The van der Waals surface area contributed by atoms with E-state index in [1.807, 2.05) is 24.3 Å². The summed E-state index contributed by atoms with van der Waals surface area (Å²) in [6.45, 7) is 4.39. The normalized spacial score (nSPS) is 16.8. The first kappa shape index (κ1) is 30.3. The number of rotatable bonds is 13. The van der Waals surface area contributed by atoms with Crippen molar-refractivity contribution in [3.05, 3.63) is 92.4 Å². The molecule has 1 amide bonds. The van der Waals surface area contributed by atoms with Gasteiger partial charge in [0.05, 0.1) is 35.6 Å². The molecule has 2 aliphatic heterocycles. The molecule has 11 nitrogen and oxygen atoms in total. The fourth-order valence-corrected chi connectivity index (χ4v) is 5.22. The van der Waals surface area contributed by atoms with Crippen LogP contribution in [0.4, 0.5) is 5.69 Å². The molecule has 42 heavy (non-hydrogen) atoms. The number of hydrogen-bond donors (Lipinski definition) is 3. The third-order valence-corrected chi connectivity index (χ3v) is 7.35. The highest BCUT2D eigenvalue weighted by Gasteiger charge is 2.42. The van der Waals surface area contributed by atoms with Crippen LogP contribution in [-0.4, -0.2) is 42.8 Å². The summed E-state index contributed by atoms with van der Waals surface area (Å²) in [4.78, 5) is 36.1. The molecule has 0 bridgehead atoms. The summed E-state index contributed by atoms with van der Waals surface area (Å²) in [6, 6.07) is 15.0. The van der Waals surface area contributed by atoms with Gasteiger partial charge in [-0.15, -0.1) is 0 Å². The molecule has 0 saturated heterocycles. The van der Waals surface area contributed by atoms with Gasteiger partial charge in [-0.2, -0.15) is 5.10 Å². The van der Waals surface area contributed by atoms with Crippen molar-refractivity contribution in [3.63, 3.8) is 0 Å². The number of carbonyl (C=O) groups is 2. The predicted octanol–water partition coefficient (Wildman–Crippen LogP) is 4.99. The Morgan fingerprint density at radius 3 is 2.48 bits per heavy atom. The van der Waals surface area contributed by atoms with Crippen LogP contribution in [0.3, 0.4) is 0 Å². The second-order valence-corrected chi connectivity index (χ2v) is 10.3. The van der Waals surface area contributed by atoms with Crippen LogP contribution < -0.4 is 20.8 Å². The summed E-state index contributed by atoms with van der Waals surface area (Å²) in [5.41, 5.74) is 6.98. The first-order chi connectivity index (χ1) is 20.3. The van der Waals surface area contributed by atoms with Crippen molar-refractivity contribution in [1.29, 1.82) is 0 Å². The Morgan fingerprint density at radius 2 is 1.79 bits per heavy atom. The fourth-order valence-electron chi connectivity index (χ4n) is 5.22. The second-order valence-electron chi connectivity index (χ2n) is 10.3. The maximum absolute atomic E-state index is 13.3. The third kappa shape index (κ3) is 7.34. The van der Waals surface area contributed by atoms with E-state index >= 15 is 0 Å². The molecule has 0 fully saturated rings. The zero-order valence-corrected chi connectivity index (χ0v) is 24.2. The Bertz CT molecular complexity index is 1410. The molecule has 3 N–H and O–H groups in total. The van der Waals surface area contributed by atoms with Gasteiger partial charge in [-0.25, -0.2) is 10.2 Å². The van der Waals surface area contributed by atoms with Gasteiger partial charge in [0.25, 0.3) is 5.70 Å². The highest BCUT2D eigenvalue weighted by molar-refractivity contribution is 6.04. The number of para-hydroxylation sites is 1. The minimum absolute atomic E-state index is 0.0549. The number of nitro groups is 1. The molecule has 0 aromatic heterocycles. The van der Waals surface area contributed by atoms with Crippen LogP contribution in [-0.2, 0) is 14.3 Å². The van der Waals surface area contributed by atoms with E-state index in [0.717, 1.165) is 42.8 Å². The summed E-state index contributed by atoms with van der Waals surface area (Å²) in [6.07, 6.45) is 4.57. The predicted molar refractivity (Wildman–Crippen MR) is 160 cm³/mol. The number of anilines is 1. The van der Waals surface area contributed by atoms with Gasteiger partial charge in [-0.1, -0.05) is 36.8 Å². The lowest BCUT2D eigenvalue weighted by molar-refractivity contribution is -0.431. The van der Waals surface area contributed by atoms with Crippen LogP contribution in [0.25, 0.3) is 0 Å². The maximum atomic E-state index is 13.3. The van der Waals surface area contributed by atoms with E-state index < -0.39 is 16.8 Å². The van der Waals surface area contributed by atoms with Crippen LogP contribution in [0, 0.1) is 10.1 Å². The highest BCUT2D eigenvalue weighted by Crippen LogP contribution is 2.42. The van der Waals surface area contributed by atoms with Gasteiger partial charge in [-0.3, -0.25) is 14.9 Å². The number of allylic oxidation sites excluding steroid dienone is 3. The summed E-state index contributed by atoms with van der Waals surface area (Å²) < 4.78 is 11.1. The average molecular weight is 576 g/mol. The number of unbranched alkanes of at least 4 members (excludes halogenated alkanes) is 3. The number of esters is 1. The van der Waals surface area contributed by atoms with Gasteiger partial charge >= 0.3 is 5.97 Å². The van der Waals surface area contributed by atoms with Gasteiger partial charge in [0, 0.05) is 36.3 Å². The van der Waals surface area contributed by atoms with Crippen molar-refractivity contribution in [1.82, 2.24) is 10.7 Å². The molecule has 1 atom stereocenters. The van der Waals surface area contributed by atoms with Gasteiger partial charge in [0.1, 0.15) is 11.7 Å². The lowest BCUT2D eigenvalue weighted by Crippen LogP contribution is -2.32. The van der Waals surface area contributed by atoms with Crippen molar-refractivity contribution in [3.8, 4) is 5.75 Å². The Hall–Kier alpha value is -4.67. The SMILES string of the molecule is COc1ccccc1C1C(C(=O)OCCCCCCNc2ccc(C3=NNC(=O)CC3)cc2)=C(C)NC(C)=C1[N+](=O)[O-]. The zero-order valence-electron chi connectivity index (χ0n) is 24.2. The fraction of sp³-hybridized carbons (Fsp3) is 0.387. The number of amides is 1. The molecular formula is C31H37N5O6. The first-order valence-corrected chi connectivity index (χ1v) is 14.1. The average Bonchev–Trinajstić information content (AvgIpc) is 2.98. The van der Waals surface area contributed by atoms with Gasteiger partial charge in [0.2, 0.25) is 5.91 Å². The van der Waals surface area contributed by atoms with E-state index in [2.05, 4.69) is 21.2 Å². The summed E-state index contributed by atoms with van der Waals surface area (Å²) in [5.74, 6) is -1.08. The number of hydrazone groups is 1. The number of hydrogen-bond acceptors (Lipinski definition) is 9. The van der Waals surface area contributed by atoms with E-state index in [4.69, 9.17) is 9.47 Å². The maximum Gasteiger partial charge on any atom is 0.336 e. The Labute approximate surface area is 245 Å². The van der Waals surface area contributed by atoms with E-state index in [1.165, 1.54) is 7.11 Å².